The van der Waals surface area contributed by atoms with Crippen molar-refractivity contribution in [2.45, 2.75) is 58.3 Å². The van der Waals surface area contributed by atoms with E-state index in [9.17, 15) is 9.59 Å². The van der Waals surface area contributed by atoms with Crippen molar-refractivity contribution < 1.29 is 14.3 Å². The first kappa shape index (κ1) is 19.2. The highest BCUT2D eigenvalue weighted by molar-refractivity contribution is 5.82. The van der Waals surface area contributed by atoms with Gasteiger partial charge in [0.25, 0.3) is 0 Å². The van der Waals surface area contributed by atoms with Crippen molar-refractivity contribution in [1.82, 2.24) is 9.80 Å². The SMILES string of the molecule is CC(N)C(=O)N(C(C)C)C1CCCN(C(=O)OCc2ccccc2)C1. The van der Waals surface area contributed by atoms with Crippen molar-refractivity contribution in [3.05, 3.63) is 35.9 Å². The summed E-state index contributed by atoms with van der Waals surface area (Å²) in [4.78, 5) is 28.3. The fourth-order valence-corrected chi connectivity index (χ4v) is 3.25. The van der Waals surface area contributed by atoms with E-state index in [-0.39, 0.29) is 30.7 Å². The minimum atomic E-state index is -0.539. The Morgan fingerprint density at radius 2 is 1.96 bits per heavy atom. The highest BCUT2D eigenvalue weighted by Gasteiger charge is 2.33. The molecule has 1 fully saturated rings. The Kier molecular flexibility index (Phi) is 6.82. The second kappa shape index (κ2) is 8.85. The molecule has 138 valence electrons. The van der Waals surface area contributed by atoms with Crippen molar-refractivity contribution in [2.24, 2.45) is 5.73 Å². The molecule has 0 bridgehead atoms. The van der Waals surface area contributed by atoms with Gasteiger partial charge >= 0.3 is 6.09 Å². The number of amides is 2. The molecule has 0 aliphatic carbocycles. The molecule has 0 saturated carbocycles. The summed E-state index contributed by atoms with van der Waals surface area (Å²) in [6, 6.07) is 9.10. The highest BCUT2D eigenvalue weighted by atomic mass is 16.6. The van der Waals surface area contributed by atoms with Crippen LogP contribution in [-0.4, -0.2) is 53.0 Å². The molecule has 1 aliphatic heterocycles. The van der Waals surface area contributed by atoms with Gasteiger partial charge in [0.05, 0.1) is 6.04 Å². The number of nitrogens with zero attached hydrogens (tertiary/aromatic N) is 2. The molecule has 2 amide bonds. The van der Waals surface area contributed by atoms with Crippen LogP contribution in [0.5, 0.6) is 0 Å². The molecule has 0 radical (unpaired) electrons. The van der Waals surface area contributed by atoms with Gasteiger partial charge < -0.3 is 20.3 Å². The number of hydrogen-bond donors (Lipinski definition) is 1. The van der Waals surface area contributed by atoms with E-state index in [0.29, 0.717) is 13.1 Å². The van der Waals surface area contributed by atoms with Crippen LogP contribution in [0.4, 0.5) is 4.79 Å². The van der Waals surface area contributed by atoms with Gasteiger partial charge in [0.2, 0.25) is 5.91 Å². The van der Waals surface area contributed by atoms with E-state index in [1.807, 2.05) is 49.1 Å². The second-order valence-corrected chi connectivity index (χ2v) is 6.91. The van der Waals surface area contributed by atoms with Crippen molar-refractivity contribution in [2.75, 3.05) is 13.1 Å². The van der Waals surface area contributed by atoms with E-state index in [2.05, 4.69) is 0 Å². The van der Waals surface area contributed by atoms with Gasteiger partial charge in [0.15, 0.2) is 0 Å². The monoisotopic (exact) mass is 347 g/mol. The van der Waals surface area contributed by atoms with Crippen LogP contribution in [0.2, 0.25) is 0 Å². The summed E-state index contributed by atoms with van der Waals surface area (Å²) in [5.41, 5.74) is 6.75. The summed E-state index contributed by atoms with van der Waals surface area (Å²) in [5.74, 6) is -0.0699. The minimum Gasteiger partial charge on any atom is -0.445 e. The molecule has 0 spiro atoms. The molecule has 0 aromatic heterocycles. The number of piperidine rings is 1. The number of rotatable bonds is 5. The third-order valence-electron chi connectivity index (χ3n) is 4.45. The quantitative estimate of drug-likeness (QED) is 0.887. The van der Waals surface area contributed by atoms with E-state index < -0.39 is 6.04 Å². The molecule has 1 heterocycles. The van der Waals surface area contributed by atoms with E-state index >= 15 is 0 Å². The van der Waals surface area contributed by atoms with Crippen molar-refractivity contribution in [3.63, 3.8) is 0 Å². The largest absolute Gasteiger partial charge is 0.445 e. The van der Waals surface area contributed by atoms with Crippen molar-refractivity contribution in [3.8, 4) is 0 Å². The molecule has 2 atom stereocenters. The van der Waals surface area contributed by atoms with Gasteiger partial charge in [-0.3, -0.25) is 4.79 Å². The lowest BCUT2D eigenvalue weighted by Crippen LogP contribution is -2.57. The first-order valence-corrected chi connectivity index (χ1v) is 8.93. The molecule has 6 heteroatoms. The van der Waals surface area contributed by atoms with E-state index in [1.54, 1.807) is 11.8 Å². The van der Waals surface area contributed by atoms with E-state index in [4.69, 9.17) is 10.5 Å². The molecule has 1 aliphatic rings. The maximum atomic E-state index is 12.4. The average molecular weight is 347 g/mol. The summed E-state index contributed by atoms with van der Waals surface area (Å²) >= 11 is 0. The first-order valence-electron chi connectivity index (χ1n) is 8.93. The first-order chi connectivity index (χ1) is 11.9. The van der Waals surface area contributed by atoms with Crippen LogP contribution < -0.4 is 5.73 Å². The zero-order valence-electron chi connectivity index (χ0n) is 15.4. The molecule has 1 aromatic carbocycles. The summed E-state index contributed by atoms with van der Waals surface area (Å²) in [7, 11) is 0. The highest BCUT2D eigenvalue weighted by Crippen LogP contribution is 2.20. The van der Waals surface area contributed by atoms with Crippen LogP contribution in [0.25, 0.3) is 0 Å². The molecular formula is C19H29N3O3. The molecule has 6 nitrogen and oxygen atoms in total. The molecule has 2 rings (SSSR count). The van der Waals surface area contributed by atoms with Crippen LogP contribution in [0.1, 0.15) is 39.2 Å². The lowest BCUT2D eigenvalue weighted by Gasteiger charge is -2.41. The topological polar surface area (TPSA) is 75.9 Å². The van der Waals surface area contributed by atoms with Crippen molar-refractivity contribution >= 4 is 12.0 Å². The maximum absolute atomic E-state index is 12.4. The normalized spacial score (nSPS) is 18.8. The molecule has 2 N–H and O–H groups in total. The number of hydrogen-bond acceptors (Lipinski definition) is 4. The lowest BCUT2D eigenvalue weighted by atomic mass is 10.0. The number of likely N-dealkylation sites (tertiary alicyclic amines) is 1. The van der Waals surface area contributed by atoms with Gasteiger partial charge in [-0.05, 0) is 39.2 Å². The molecule has 25 heavy (non-hydrogen) atoms. The minimum absolute atomic E-state index is 0.0171. The van der Waals surface area contributed by atoms with E-state index in [1.165, 1.54) is 0 Å². The predicted molar refractivity (Wildman–Crippen MR) is 96.9 cm³/mol. The predicted octanol–water partition coefficient (Wildman–Crippen LogP) is 2.37. The summed E-state index contributed by atoms with van der Waals surface area (Å²) in [6.07, 6.45) is 1.39. The van der Waals surface area contributed by atoms with Gasteiger partial charge in [-0.15, -0.1) is 0 Å². The molecule has 1 aromatic rings. The molecule has 1 saturated heterocycles. The third kappa shape index (κ3) is 5.19. The van der Waals surface area contributed by atoms with Crippen LogP contribution >= 0.6 is 0 Å². The summed E-state index contributed by atoms with van der Waals surface area (Å²) in [5, 5.41) is 0. The van der Waals surface area contributed by atoms with Gasteiger partial charge in [0, 0.05) is 25.2 Å². The smallest absolute Gasteiger partial charge is 0.410 e. The lowest BCUT2D eigenvalue weighted by molar-refractivity contribution is -0.137. The third-order valence-corrected chi connectivity index (χ3v) is 4.45. The Morgan fingerprint density at radius 3 is 2.56 bits per heavy atom. The Hall–Kier alpha value is -2.08. The van der Waals surface area contributed by atoms with Gasteiger partial charge in [-0.1, -0.05) is 30.3 Å². The number of carbonyl (C=O) groups excluding carboxylic acids is 2. The Bertz CT molecular complexity index is 575. The van der Waals surface area contributed by atoms with Crippen LogP contribution in [0, 0.1) is 0 Å². The van der Waals surface area contributed by atoms with E-state index in [0.717, 1.165) is 18.4 Å². The average Bonchev–Trinajstić information content (AvgIpc) is 2.60. The second-order valence-electron chi connectivity index (χ2n) is 6.91. The Labute approximate surface area is 149 Å². The van der Waals surface area contributed by atoms with Crippen LogP contribution in [0.3, 0.4) is 0 Å². The van der Waals surface area contributed by atoms with Crippen molar-refractivity contribution in [1.29, 1.82) is 0 Å². The van der Waals surface area contributed by atoms with Gasteiger partial charge in [-0.2, -0.15) is 0 Å². The standard InChI is InChI=1S/C19H29N3O3/c1-14(2)22(18(23)15(3)20)17-10-7-11-21(12-17)19(24)25-13-16-8-5-4-6-9-16/h4-6,8-9,14-15,17H,7,10-13,20H2,1-3H3. The van der Waals surface area contributed by atoms with Crippen LogP contribution in [-0.2, 0) is 16.1 Å². The number of benzene rings is 1. The number of carbonyl (C=O) groups is 2. The number of ether oxygens (including phenoxy) is 1. The number of nitrogens with two attached hydrogens (primary N) is 1. The summed E-state index contributed by atoms with van der Waals surface area (Å²) in [6.45, 7) is 7.06. The maximum Gasteiger partial charge on any atom is 0.410 e. The molecule has 2 unspecified atom stereocenters. The zero-order chi connectivity index (χ0) is 18.4. The van der Waals surface area contributed by atoms with Gasteiger partial charge in [-0.25, -0.2) is 4.79 Å². The fraction of sp³-hybridized carbons (Fsp3) is 0.579. The summed E-state index contributed by atoms with van der Waals surface area (Å²) < 4.78 is 5.42. The Morgan fingerprint density at radius 1 is 1.28 bits per heavy atom. The molecular weight excluding hydrogens is 318 g/mol. The zero-order valence-corrected chi connectivity index (χ0v) is 15.4. The van der Waals surface area contributed by atoms with Crippen LogP contribution in [0.15, 0.2) is 30.3 Å². The fourth-order valence-electron chi connectivity index (χ4n) is 3.25. The van der Waals surface area contributed by atoms with Gasteiger partial charge in [0.1, 0.15) is 6.61 Å². The Balaban J connectivity index is 1.96.